The molecule has 5 aromatic rings. The SMILES string of the molecule is Cc1c(Cc2ccccc2)c(=O)oc2cc(OCC(CN3CCC(C(N)=O)CC3)Oc3ccc(-c4ncc(N)s4)cc3)ccc12. The molecule has 0 radical (unpaired) electrons. The number of ether oxygens (including phenoxy) is 2. The topological polar surface area (TPSA) is 134 Å². The van der Waals surface area contributed by atoms with E-state index in [1.807, 2.05) is 73.7 Å². The number of primary amides is 1. The lowest BCUT2D eigenvalue weighted by molar-refractivity contribution is -0.123. The number of hydrogen-bond donors (Lipinski definition) is 2. The van der Waals surface area contributed by atoms with Gasteiger partial charge in [-0.05, 0) is 80.4 Å². The second kappa shape index (κ2) is 13.5. The molecule has 1 unspecified atom stereocenters. The van der Waals surface area contributed by atoms with Crippen LogP contribution in [0.3, 0.4) is 0 Å². The predicted octanol–water partition coefficient (Wildman–Crippen LogP) is 5.42. The summed E-state index contributed by atoms with van der Waals surface area (Å²) >= 11 is 1.43. The van der Waals surface area contributed by atoms with Gasteiger partial charge >= 0.3 is 5.63 Å². The molecule has 3 heterocycles. The Bertz CT molecular complexity index is 1830. The van der Waals surface area contributed by atoms with E-state index in [9.17, 15) is 9.59 Å². The Morgan fingerprint density at radius 1 is 1.07 bits per heavy atom. The minimum absolute atomic E-state index is 0.0896. The molecule has 45 heavy (non-hydrogen) atoms. The van der Waals surface area contributed by atoms with Gasteiger partial charge in [0.25, 0.3) is 0 Å². The maximum atomic E-state index is 13.0. The van der Waals surface area contributed by atoms with Crippen LogP contribution in [0.5, 0.6) is 11.5 Å². The molecule has 9 nitrogen and oxygen atoms in total. The quantitative estimate of drug-likeness (QED) is 0.186. The number of anilines is 1. The van der Waals surface area contributed by atoms with Crippen molar-refractivity contribution in [1.82, 2.24) is 9.88 Å². The molecule has 232 valence electrons. The van der Waals surface area contributed by atoms with Gasteiger partial charge in [0.2, 0.25) is 5.91 Å². The van der Waals surface area contributed by atoms with E-state index < -0.39 is 0 Å². The number of rotatable bonds is 11. The number of piperidine rings is 1. The van der Waals surface area contributed by atoms with Gasteiger partial charge < -0.3 is 25.4 Å². The average Bonchev–Trinajstić information content (AvgIpc) is 3.49. The lowest BCUT2D eigenvalue weighted by Crippen LogP contribution is -2.44. The van der Waals surface area contributed by atoms with Gasteiger partial charge in [0.05, 0.1) is 6.20 Å². The number of thiazole rings is 1. The minimum Gasteiger partial charge on any atom is -0.490 e. The predicted molar refractivity (Wildman–Crippen MR) is 177 cm³/mol. The highest BCUT2D eigenvalue weighted by molar-refractivity contribution is 7.18. The summed E-state index contributed by atoms with van der Waals surface area (Å²) in [6.07, 6.45) is 3.31. The first kappa shape index (κ1) is 30.4. The first-order valence-corrected chi connectivity index (χ1v) is 15.9. The smallest absolute Gasteiger partial charge is 0.340 e. The van der Waals surface area contributed by atoms with Crippen molar-refractivity contribution in [1.29, 1.82) is 0 Å². The molecule has 1 saturated heterocycles. The summed E-state index contributed by atoms with van der Waals surface area (Å²) in [5.74, 6) is 0.958. The average molecular weight is 625 g/mol. The van der Waals surface area contributed by atoms with Crippen molar-refractivity contribution in [2.75, 3.05) is 32.0 Å². The number of amides is 1. The molecule has 6 rings (SSSR count). The molecule has 3 aromatic carbocycles. The monoisotopic (exact) mass is 624 g/mol. The van der Waals surface area contributed by atoms with E-state index in [0.29, 0.717) is 40.6 Å². The molecule has 1 atom stereocenters. The number of carbonyl (C=O) groups is 1. The van der Waals surface area contributed by atoms with Crippen molar-refractivity contribution in [2.45, 2.75) is 32.3 Å². The lowest BCUT2D eigenvalue weighted by atomic mass is 9.96. The maximum absolute atomic E-state index is 13.0. The number of benzene rings is 3. The Balaban J connectivity index is 1.17. The third-order valence-corrected chi connectivity index (χ3v) is 9.17. The Kier molecular flexibility index (Phi) is 9.13. The number of nitrogens with two attached hydrogens (primary N) is 2. The molecule has 1 fully saturated rings. The Morgan fingerprint density at radius 3 is 2.49 bits per heavy atom. The molecule has 1 aliphatic rings. The number of carbonyl (C=O) groups excluding carboxylic acids is 1. The molecule has 1 amide bonds. The second-order valence-electron chi connectivity index (χ2n) is 11.4. The number of fused-ring (bicyclic) bond motifs is 1. The first-order valence-electron chi connectivity index (χ1n) is 15.1. The highest BCUT2D eigenvalue weighted by Gasteiger charge is 2.26. The van der Waals surface area contributed by atoms with E-state index >= 15 is 0 Å². The number of nitrogens with zero attached hydrogens (tertiary/aromatic N) is 2. The molecule has 0 spiro atoms. The van der Waals surface area contributed by atoms with Gasteiger partial charge in [-0.3, -0.25) is 9.69 Å². The van der Waals surface area contributed by atoms with Crippen molar-refractivity contribution >= 4 is 33.2 Å². The Morgan fingerprint density at radius 2 is 1.80 bits per heavy atom. The molecule has 1 aliphatic heterocycles. The summed E-state index contributed by atoms with van der Waals surface area (Å²) in [5.41, 5.74) is 15.1. The van der Waals surface area contributed by atoms with Gasteiger partial charge in [0.1, 0.15) is 39.8 Å². The zero-order valence-electron chi connectivity index (χ0n) is 25.1. The van der Waals surface area contributed by atoms with Crippen LogP contribution >= 0.6 is 11.3 Å². The third kappa shape index (κ3) is 7.35. The fourth-order valence-electron chi connectivity index (χ4n) is 5.76. The largest absolute Gasteiger partial charge is 0.490 e. The van der Waals surface area contributed by atoms with Crippen molar-refractivity contribution in [3.63, 3.8) is 0 Å². The van der Waals surface area contributed by atoms with E-state index in [2.05, 4.69) is 9.88 Å². The van der Waals surface area contributed by atoms with E-state index in [0.717, 1.165) is 53.0 Å². The van der Waals surface area contributed by atoms with Gasteiger partial charge in [-0.2, -0.15) is 0 Å². The maximum Gasteiger partial charge on any atom is 0.340 e. The number of hydrogen-bond acceptors (Lipinski definition) is 9. The van der Waals surface area contributed by atoms with E-state index in [1.54, 1.807) is 12.3 Å². The van der Waals surface area contributed by atoms with Crippen LogP contribution in [0.1, 0.15) is 29.5 Å². The number of aryl methyl sites for hydroxylation is 1. The summed E-state index contributed by atoms with van der Waals surface area (Å²) in [6.45, 7) is 4.34. The second-order valence-corrected chi connectivity index (χ2v) is 12.5. The Labute approximate surface area is 265 Å². The molecule has 0 bridgehead atoms. The normalized spacial score (nSPS) is 14.8. The van der Waals surface area contributed by atoms with Gasteiger partial charge in [0, 0.05) is 41.5 Å². The van der Waals surface area contributed by atoms with Crippen molar-refractivity contribution in [2.24, 2.45) is 11.7 Å². The molecule has 4 N–H and O–H groups in total. The Hall–Kier alpha value is -4.67. The molecular formula is C35H36N4O5S. The van der Waals surface area contributed by atoms with E-state index in [1.165, 1.54) is 11.3 Å². The molecule has 10 heteroatoms. The number of likely N-dealkylation sites (tertiary alicyclic amines) is 1. The van der Waals surface area contributed by atoms with E-state index in [-0.39, 0.29) is 30.2 Å². The molecule has 2 aromatic heterocycles. The van der Waals surface area contributed by atoms with Gasteiger partial charge in [-0.1, -0.05) is 41.7 Å². The minimum atomic E-state index is -0.342. The molecule has 0 saturated carbocycles. The highest BCUT2D eigenvalue weighted by atomic mass is 32.1. The van der Waals surface area contributed by atoms with E-state index in [4.69, 9.17) is 25.4 Å². The summed E-state index contributed by atoms with van der Waals surface area (Å²) < 4.78 is 18.4. The standard InChI is InChI=1S/C35H36N4O5S/c1-22-29-12-11-27(18-31(29)44-35(41)30(22)17-23-5-3-2-4-6-23)42-21-28(20-39-15-13-24(14-16-39)33(37)40)43-26-9-7-25(8-10-26)34-38-19-32(36)45-34/h2-12,18-19,24,28H,13-17,20-21,36H2,1H3,(H2,37,40). The van der Waals surface area contributed by atoms with Crippen molar-refractivity contribution < 1.29 is 18.7 Å². The third-order valence-electron chi connectivity index (χ3n) is 8.30. The van der Waals surface area contributed by atoms with Crippen LogP contribution in [0, 0.1) is 12.8 Å². The number of aromatic nitrogens is 1. The fourth-order valence-corrected chi connectivity index (χ4v) is 6.45. The first-order chi connectivity index (χ1) is 21.8. The van der Waals surface area contributed by atoms with Crippen LogP contribution in [-0.4, -0.2) is 48.1 Å². The van der Waals surface area contributed by atoms with Crippen LogP contribution < -0.4 is 26.6 Å². The molecular weight excluding hydrogens is 588 g/mol. The summed E-state index contributed by atoms with van der Waals surface area (Å²) in [4.78, 5) is 31.3. The van der Waals surface area contributed by atoms with Gasteiger partial charge in [0.15, 0.2) is 0 Å². The van der Waals surface area contributed by atoms with Crippen LogP contribution in [0.2, 0.25) is 0 Å². The van der Waals surface area contributed by atoms with Gasteiger partial charge in [-0.15, -0.1) is 0 Å². The summed E-state index contributed by atoms with van der Waals surface area (Å²) in [6, 6.07) is 23.2. The number of nitrogen functional groups attached to an aromatic ring is 1. The summed E-state index contributed by atoms with van der Waals surface area (Å²) in [7, 11) is 0. The lowest BCUT2D eigenvalue weighted by Gasteiger charge is -2.33. The van der Waals surface area contributed by atoms with Crippen LogP contribution in [0.4, 0.5) is 5.00 Å². The van der Waals surface area contributed by atoms with Crippen LogP contribution in [0.25, 0.3) is 21.5 Å². The zero-order chi connectivity index (χ0) is 31.3. The van der Waals surface area contributed by atoms with Crippen LogP contribution in [0.15, 0.2) is 88.2 Å². The van der Waals surface area contributed by atoms with Crippen LogP contribution in [-0.2, 0) is 11.2 Å². The molecule has 0 aliphatic carbocycles. The highest BCUT2D eigenvalue weighted by Crippen LogP contribution is 2.29. The summed E-state index contributed by atoms with van der Waals surface area (Å²) in [5, 5.41) is 2.39. The van der Waals surface area contributed by atoms with Crippen molar-refractivity contribution in [3.05, 3.63) is 106 Å². The zero-order valence-corrected chi connectivity index (χ0v) is 25.9. The van der Waals surface area contributed by atoms with Crippen molar-refractivity contribution in [3.8, 4) is 22.1 Å². The van der Waals surface area contributed by atoms with Gasteiger partial charge in [-0.25, -0.2) is 9.78 Å². The fraction of sp³-hybridized carbons (Fsp3) is 0.286.